The second-order valence-electron chi connectivity index (χ2n) is 5.89. The van der Waals surface area contributed by atoms with E-state index in [-0.39, 0.29) is 0 Å². The van der Waals surface area contributed by atoms with Crippen molar-refractivity contribution >= 4 is 0 Å². The highest BCUT2D eigenvalue weighted by molar-refractivity contribution is 4.79. The standard InChI is InChI=1S/C13H28N4/c1-15(2)13-6-10-17(11-7-13)14-12-4-8-16(3)9-5-12/h12-14H,4-11H2,1-3H3. The molecule has 2 aliphatic heterocycles. The van der Waals surface area contributed by atoms with Crippen LogP contribution in [0.3, 0.4) is 0 Å². The molecular weight excluding hydrogens is 212 g/mol. The molecule has 0 amide bonds. The first-order valence-corrected chi connectivity index (χ1v) is 7.01. The normalized spacial score (nSPS) is 26.8. The fourth-order valence-electron chi connectivity index (χ4n) is 2.91. The highest BCUT2D eigenvalue weighted by Crippen LogP contribution is 2.15. The molecular formula is C13H28N4. The average Bonchev–Trinajstić information content (AvgIpc) is 2.33. The van der Waals surface area contributed by atoms with Gasteiger partial charge < -0.3 is 9.80 Å². The van der Waals surface area contributed by atoms with E-state index in [2.05, 4.69) is 41.4 Å². The van der Waals surface area contributed by atoms with E-state index in [9.17, 15) is 0 Å². The zero-order valence-corrected chi connectivity index (χ0v) is 11.7. The minimum absolute atomic E-state index is 0.710. The van der Waals surface area contributed by atoms with E-state index in [0.29, 0.717) is 6.04 Å². The van der Waals surface area contributed by atoms with Crippen LogP contribution >= 0.6 is 0 Å². The minimum atomic E-state index is 0.710. The first kappa shape index (κ1) is 13.3. The Labute approximate surface area is 106 Å². The SMILES string of the molecule is CN1CCC(NN2CCC(N(C)C)CC2)CC1. The maximum Gasteiger partial charge on any atom is 0.0239 e. The smallest absolute Gasteiger partial charge is 0.0239 e. The monoisotopic (exact) mass is 240 g/mol. The van der Waals surface area contributed by atoms with Gasteiger partial charge in [0.15, 0.2) is 0 Å². The Kier molecular flexibility index (Phi) is 4.79. The average molecular weight is 240 g/mol. The first-order chi connectivity index (χ1) is 8.15. The number of hydrazine groups is 1. The van der Waals surface area contributed by atoms with Crippen molar-refractivity contribution < 1.29 is 0 Å². The van der Waals surface area contributed by atoms with Crippen LogP contribution in [-0.4, -0.2) is 74.2 Å². The van der Waals surface area contributed by atoms with Gasteiger partial charge in [-0.25, -0.2) is 5.01 Å². The van der Waals surface area contributed by atoms with Crippen LogP contribution in [0.1, 0.15) is 25.7 Å². The zero-order chi connectivity index (χ0) is 12.3. The van der Waals surface area contributed by atoms with Gasteiger partial charge >= 0.3 is 0 Å². The van der Waals surface area contributed by atoms with Gasteiger partial charge in [0.1, 0.15) is 0 Å². The fraction of sp³-hybridized carbons (Fsp3) is 1.00. The number of rotatable bonds is 3. The van der Waals surface area contributed by atoms with Crippen molar-refractivity contribution in [1.82, 2.24) is 20.2 Å². The Morgan fingerprint density at radius 1 is 0.941 bits per heavy atom. The lowest BCUT2D eigenvalue weighted by atomic mass is 10.0. The minimum Gasteiger partial charge on any atom is -0.306 e. The maximum atomic E-state index is 3.73. The lowest BCUT2D eigenvalue weighted by Crippen LogP contribution is -2.53. The number of hydrogen-bond donors (Lipinski definition) is 1. The van der Waals surface area contributed by atoms with Crippen LogP contribution in [0, 0.1) is 0 Å². The molecule has 0 aromatic heterocycles. The molecule has 0 aromatic carbocycles. The van der Waals surface area contributed by atoms with Crippen LogP contribution in [0.25, 0.3) is 0 Å². The van der Waals surface area contributed by atoms with Crippen molar-refractivity contribution in [2.24, 2.45) is 0 Å². The van der Waals surface area contributed by atoms with Crippen LogP contribution in [-0.2, 0) is 0 Å². The number of nitrogens with zero attached hydrogens (tertiary/aromatic N) is 3. The molecule has 0 aliphatic carbocycles. The van der Waals surface area contributed by atoms with Gasteiger partial charge in [0.2, 0.25) is 0 Å². The summed E-state index contributed by atoms with van der Waals surface area (Å²) in [5, 5.41) is 2.45. The van der Waals surface area contributed by atoms with Gasteiger partial charge in [0, 0.05) is 25.2 Å². The van der Waals surface area contributed by atoms with E-state index < -0.39 is 0 Å². The molecule has 1 N–H and O–H groups in total. The second kappa shape index (κ2) is 6.14. The summed E-state index contributed by atoms with van der Waals surface area (Å²) in [7, 11) is 6.62. The van der Waals surface area contributed by atoms with Crippen LogP contribution in [0.4, 0.5) is 0 Å². The van der Waals surface area contributed by atoms with E-state index in [1.54, 1.807) is 0 Å². The molecule has 100 valence electrons. The van der Waals surface area contributed by atoms with Gasteiger partial charge in [-0.2, -0.15) is 0 Å². The van der Waals surface area contributed by atoms with Gasteiger partial charge in [-0.15, -0.1) is 0 Å². The summed E-state index contributed by atoms with van der Waals surface area (Å²) >= 11 is 0. The molecule has 2 rings (SSSR count). The molecule has 0 aromatic rings. The lowest BCUT2D eigenvalue weighted by Gasteiger charge is -2.39. The Morgan fingerprint density at radius 2 is 1.53 bits per heavy atom. The Morgan fingerprint density at radius 3 is 2.06 bits per heavy atom. The maximum absolute atomic E-state index is 3.73. The second-order valence-corrected chi connectivity index (χ2v) is 5.89. The Hall–Kier alpha value is -0.160. The summed E-state index contributed by atoms with van der Waals surface area (Å²) in [6.45, 7) is 4.89. The Bertz CT molecular complexity index is 215. The Balaban J connectivity index is 1.67. The van der Waals surface area contributed by atoms with Crippen molar-refractivity contribution in [3.8, 4) is 0 Å². The quantitative estimate of drug-likeness (QED) is 0.780. The molecule has 0 atom stereocenters. The molecule has 2 fully saturated rings. The summed E-state index contributed by atoms with van der Waals surface area (Å²) in [5.41, 5.74) is 3.73. The molecule has 0 unspecified atom stereocenters. The summed E-state index contributed by atoms with van der Waals surface area (Å²) < 4.78 is 0. The summed E-state index contributed by atoms with van der Waals surface area (Å²) in [6, 6.07) is 1.49. The fourth-order valence-corrected chi connectivity index (χ4v) is 2.91. The zero-order valence-electron chi connectivity index (χ0n) is 11.7. The van der Waals surface area contributed by atoms with E-state index in [1.165, 1.54) is 51.9 Å². The number of nitrogens with one attached hydrogen (secondary N) is 1. The van der Waals surface area contributed by atoms with Crippen molar-refractivity contribution in [3.63, 3.8) is 0 Å². The van der Waals surface area contributed by atoms with Gasteiger partial charge in [0.05, 0.1) is 0 Å². The highest BCUT2D eigenvalue weighted by Gasteiger charge is 2.23. The summed E-state index contributed by atoms with van der Waals surface area (Å²) in [4.78, 5) is 4.80. The van der Waals surface area contributed by atoms with E-state index in [1.807, 2.05) is 0 Å². The van der Waals surface area contributed by atoms with E-state index >= 15 is 0 Å². The van der Waals surface area contributed by atoms with Crippen LogP contribution in [0.15, 0.2) is 0 Å². The van der Waals surface area contributed by atoms with Crippen molar-refractivity contribution in [2.75, 3.05) is 47.3 Å². The first-order valence-electron chi connectivity index (χ1n) is 7.01. The predicted molar refractivity (Wildman–Crippen MR) is 71.9 cm³/mol. The van der Waals surface area contributed by atoms with E-state index in [0.717, 1.165) is 6.04 Å². The van der Waals surface area contributed by atoms with Crippen LogP contribution in [0.2, 0.25) is 0 Å². The number of likely N-dealkylation sites (tertiary alicyclic amines) is 1. The molecule has 2 heterocycles. The third-order valence-corrected chi connectivity index (χ3v) is 4.28. The lowest BCUT2D eigenvalue weighted by molar-refractivity contribution is 0.0697. The third-order valence-electron chi connectivity index (χ3n) is 4.28. The van der Waals surface area contributed by atoms with Gasteiger partial charge in [-0.3, -0.25) is 5.43 Å². The molecule has 0 radical (unpaired) electrons. The van der Waals surface area contributed by atoms with Gasteiger partial charge in [-0.05, 0) is 59.9 Å². The van der Waals surface area contributed by atoms with E-state index in [4.69, 9.17) is 0 Å². The molecule has 2 aliphatic rings. The van der Waals surface area contributed by atoms with Crippen LogP contribution < -0.4 is 5.43 Å². The summed E-state index contributed by atoms with van der Waals surface area (Å²) in [5.74, 6) is 0. The molecule has 0 bridgehead atoms. The van der Waals surface area contributed by atoms with Crippen molar-refractivity contribution in [2.45, 2.75) is 37.8 Å². The van der Waals surface area contributed by atoms with Crippen molar-refractivity contribution in [1.29, 1.82) is 0 Å². The van der Waals surface area contributed by atoms with Gasteiger partial charge in [0.25, 0.3) is 0 Å². The topological polar surface area (TPSA) is 21.8 Å². The molecule has 2 saturated heterocycles. The number of hydrogen-bond acceptors (Lipinski definition) is 4. The largest absolute Gasteiger partial charge is 0.306 e. The van der Waals surface area contributed by atoms with Gasteiger partial charge in [-0.1, -0.05) is 0 Å². The molecule has 4 nitrogen and oxygen atoms in total. The predicted octanol–water partition coefficient (Wildman–Crippen LogP) is 0.611. The summed E-state index contributed by atoms with van der Waals surface area (Å²) in [6.07, 6.45) is 5.19. The molecule has 17 heavy (non-hydrogen) atoms. The van der Waals surface area contributed by atoms with Crippen molar-refractivity contribution in [3.05, 3.63) is 0 Å². The molecule has 0 saturated carbocycles. The third kappa shape index (κ3) is 3.91. The number of piperidine rings is 2. The highest BCUT2D eigenvalue weighted by atomic mass is 15.5. The molecule has 0 spiro atoms. The van der Waals surface area contributed by atoms with Crippen LogP contribution in [0.5, 0.6) is 0 Å². The molecule has 4 heteroatoms.